The van der Waals surface area contributed by atoms with Crippen LogP contribution in [0.1, 0.15) is 10.4 Å². The molecule has 2 aromatic rings. The molecule has 6 nitrogen and oxygen atoms in total. The molecule has 0 aliphatic rings. The third kappa shape index (κ3) is 4.25. The maximum absolute atomic E-state index is 12.6. The molecule has 0 spiro atoms. The monoisotopic (exact) mass is 376 g/mol. The summed E-state index contributed by atoms with van der Waals surface area (Å²) in [6, 6.07) is 13.6. The number of halogens is 1. The molecule has 0 aliphatic heterocycles. The highest BCUT2D eigenvalue weighted by Crippen LogP contribution is 2.20. The fourth-order valence-corrected chi connectivity index (χ4v) is 3.11. The van der Waals surface area contributed by atoms with Gasteiger partial charge < -0.3 is 9.29 Å². The fourth-order valence-electron chi connectivity index (χ4n) is 1.91. The lowest BCUT2D eigenvalue weighted by atomic mass is 10.2. The van der Waals surface area contributed by atoms with E-state index in [2.05, 4.69) is 9.73 Å². The molecule has 1 atom stereocenters. The number of hydrogen-bond acceptors (Lipinski definition) is 5. The predicted molar refractivity (Wildman–Crippen MR) is 97.0 cm³/mol. The van der Waals surface area contributed by atoms with Gasteiger partial charge in [0.05, 0.1) is 29.5 Å². The van der Waals surface area contributed by atoms with E-state index in [0.717, 1.165) is 6.21 Å². The zero-order chi connectivity index (χ0) is 18.4. The zero-order valence-corrected chi connectivity index (χ0v) is 14.6. The number of nitrogens with zero attached hydrogens (tertiary/aromatic N) is 2. The molecule has 0 fully saturated rings. The first-order chi connectivity index (χ1) is 11.9. The second kappa shape index (κ2) is 7.94. The molecule has 0 bridgehead atoms. The van der Waals surface area contributed by atoms with Crippen molar-refractivity contribution in [3.8, 4) is 6.07 Å². The maximum Gasteiger partial charge on any atom is 0.340 e. The second-order valence-corrected chi connectivity index (χ2v) is 7.12. The molecule has 128 valence electrons. The number of carbonyl (C=O) groups is 1. The average molecular weight is 377 g/mol. The third-order valence-electron chi connectivity index (χ3n) is 3.17. The number of para-hydroxylation sites is 1. The number of aliphatic imine (C=N–C) groups is 1. The summed E-state index contributed by atoms with van der Waals surface area (Å²) in [4.78, 5) is 15.3. The smallest absolute Gasteiger partial charge is 0.340 e. The highest BCUT2D eigenvalue weighted by Gasteiger charge is 2.15. The predicted octanol–water partition coefficient (Wildman–Crippen LogP) is 3.34. The lowest BCUT2D eigenvalue weighted by Gasteiger charge is -2.06. The summed E-state index contributed by atoms with van der Waals surface area (Å²) in [7, 11) is -2.56. The third-order valence-corrected chi connectivity index (χ3v) is 5.13. The zero-order valence-electron chi connectivity index (χ0n) is 13.0. The van der Waals surface area contributed by atoms with Gasteiger partial charge in [0.15, 0.2) is 4.86 Å². The van der Waals surface area contributed by atoms with Crippen molar-refractivity contribution in [2.75, 3.05) is 7.11 Å². The normalized spacial score (nSPS) is 13.0. The molecule has 1 N–H and O–H groups in total. The Hall–Kier alpha value is -2.66. The van der Waals surface area contributed by atoms with Crippen molar-refractivity contribution in [2.45, 2.75) is 4.90 Å². The van der Waals surface area contributed by atoms with Gasteiger partial charge in [-0.1, -0.05) is 23.7 Å². The number of nitriles is 1. The lowest BCUT2D eigenvalue weighted by molar-refractivity contribution is 0.0601. The van der Waals surface area contributed by atoms with Gasteiger partial charge in [0, 0.05) is 5.02 Å². The van der Waals surface area contributed by atoms with E-state index in [0.29, 0.717) is 5.02 Å². The lowest BCUT2D eigenvalue weighted by Crippen LogP contribution is -2.14. The number of benzene rings is 2. The van der Waals surface area contributed by atoms with Gasteiger partial charge in [0.25, 0.3) is 0 Å². The number of esters is 1. The minimum absolute atomic E-state index is 0.0288. The van der Waals surface area contributed by atoms with Crippen molar-refractivity contribution < 1.29 is 18.3 Å². The maximum atomic E-state index is 12.6. The Morgan fingerprint density at radius 1 is 1.28 bits per heavy atom. The van der Waals surface area contributed by atoms with Crippen LogP contribution in [0.15, 0.2) is 58.4 Å². The molecule has 0 amide bonds. The molecule has 0 saturated heterocycles. The molecule has 0 radical (unpaired) electrons. The van der Waals surface area contributed by atoms with Crippen molar-refractivity contribution in [3.63, 3.8) is 0 Å². The van der Waals surface area contributed by atoms with Crippen molar-refractivity contribution in [1.82, 2.24) is 0 Å². The molecular weight excluding hydrogens is 364 g/mol. The largest absolute Gasteiger partial charge is 0.465 e. The van der Waals surface area contributed by atoms with Crippen LogP contribution >= 0.6 is 11.6 Å². The van der Waals surface area contributed by atoms with Crippen LogP contribution in [0.5, 0.6) is 0 Å². The molecule has 0 aliphatic carbocycles. The van der Waals surface area contributed by atoms with Gasteiger partial charge >= 0.3 is 5.97 Å². The van der Waals surface area contributed by atoms with E-state index in [1.54, 1.807) is 18.2 Å². The van der Waals surface area contributed by atoms with Crippen LogP contribution in [-0.4, -0.2) is 32.9 Å². The van der Waals surface area contributed by atoms with E-state index >= 15 is 0 Å². The summed E-state index contributed by atoms with van der Waals surface area (Å²) in [6.07, 6.45) is 0.971. The molecule has 2 rings (SSSR count). The van der Waals surface area contributed by atoms with E-state index < -0.39 is 20.6 Å². The topological polar surface area (TPSA) is 99.8 Å². The summed E-state index contributed by atoms with van der Waals surface area (Å²) in [5.41, 5.74) is 0.392. The minimum atomic E-state index is -3.80. The van der Waals surface area contributed by atoms with Crippen LogP contribution in [0.2, 0.25) is 5.02 Å². The first-order valence-electron chi connectivity index (χ1n) is 6.91. The van der Waals surface area contributed by atoms with Gasteiger partial charge in [0.1, 0.15) is 15.9 Å². The summed E-state index contributed by atoms with van der Waals surface area (Å²) in [5.74, 6) is -0.603. The van der Waals surface area contributed by atoms with Crippen molar-refractivity contribution >= 4 is 44.1 Å². The van der Waals surface area contributed by atoms with Crippen LogP contribution in [0, 0.1) is 11.3 Å². The quantitative estimate of drug-likeness (QED) is 0.501. The van der Waals surface area contributed by atoms with E-state index in [1.807, 2.05) is 0 Å². The summed E-state index contributed by atoms with van der Waals surface area (Å²) >= 11 is 5.76. The Bertz CT molecular complexity index is 984. The molecule has 8 heteroatoms. The SMILES string of the molecule is COC(=O)c1ccccc1N=CC(C#N)=S(=O)(O)c1ccc(Cl)cc1. The Kier molecular flexibility index (Phi) is 5.93. The Balaban J connectivity index is 2.52. The molecule has 1 unspecified atom stereocenters. The molecular formula is C17H13ClN2O4S. The van der Waals surface area contributed by atoms with Gasteiger partial charge in [0.2, 0.25) is 0 Å². The van der Waals surface area contributed by atoms with Gasteiger partial charge in [-0.05, 0) is 36.4 Å². The van der Waals surface area contributed by atoms with Crippen molar-refractivity contribution in [3.05, 3.63) is 59.1 Å². The standard InChI is InChI=1S/C17H13ClN2O4S/c1-24-17(21)15-4-2-3-5-16(15)20-11-14(10-19)25(22,23)13-8-6-12(18)7-9-13/h2-9,11H,1H3,(H,22,23). The van der Waals surface area contributed by atoms with Gasteiger partial charge in [-0.3, -0.25) is 4.99 Å². The first-order valence-corrected chi connectivity index (χ1v) is 8.80. The highest BCUT2D eigenvalue weighted by molar-refractivity contribution is 7.98. The summed E-state index contributed by atoms with van der Waals surface area (Å²) < 4.78 is 27.5. The molecule has 0 heterocycles. The Labute approximate surface area is 150 Å². The van der Waals surface area contributed by atoms with E-state index in [9.17, 15) is 18.8 Å². The Morgan fingerprint density at radius 2 is 1.92 bits per heavy atom. The van der Waals surface area contributed by atoms with Crippen LogP contribution in [0.3, 0.4) is 0 Å². The summed E-state index contributed by atoms with van der Waals surface area (Å²) in [5, 5.41) is 9.65. The van der Waals surface area contributed by atoms with Crippen molar-refractivity contribution in [1.29, 1.82) is 5.26 Å². The molecule has 2 aromatic carbocycles. The Morgan fingerprint density at radius 3 is 2.52 bits per heavy atom. The van der Waals surface area contributed by atoms with Crippen LogP contribution in [0.25, 0.3) is 0 Å². The van der Waals surface area contributed by atoms with Crippen LogP contribution in [0.4, 0.5) is 5.69 Å². The fraction of sp³-hybridized carbons (Fsp3) is 0.0588. The molecule has 0 aromatic heterocycles. The summed E-state index contributed by atoms with van der Waals surface area (Å²) in [6.45, 7) is 0. The number of ether oxygens (including phenoxy) is 1. The van der Waals surface area contributed by atoms with Gasteiger partial charge in [-0.15, -0.1) is 0 Å². The second-order valence-electron chi connectivity index (χ2n) is 4.72. The van der Waals surface area contributed by atoms with Crippen LogP contribution in [-0.2, 0) is 14.5 Å². The van der Waals surface area contributed by atoms with Crippen molar-refractivity contribution in [2.24, 2.45) is 4.99 Å². The average Bonchev–Trinajstić information content (AvgIpc) is 2.62. The minimum Gasteiger partial charge on any atom is -0.465 e. The van der Waals surface area contributed by atoms with Gasteiger partial charge in [-0.2, -0.15) is 5.26 Å². The number of methoxy groups -OCH3 is 1. The number of hydrogen-bond donors (Lipinski definition) is 1. The van der Waals surface area contributed by atoms with E-state index in [1.165, 1.54) is 43.5 Å². The number of carbonyl (C=O) groups excluding carboxylic acids is 1. The molecule has 25 heavy (non-hydrogen) atoms. The first kappa shape index (κ1) is 18.7. The van der Waals surface area contributed by atoms with E-state index in [-0.39, 0.29) is 16.1 Å². The van der Waals surface area contributed by atoms with E-state index in [4.69, 9.17) is 11.6 Å². The van der Waals surface area contributed by atoms with Crippen LogP contribution < -0.4 is 0 Å². The van der Waals surface area contributed by atoms with Gasteiger partial charge in [-0.25, -0.2) is 9.00 Å². The molecule has 0 saturated carbocycles. The number of rotatable bonds is 4. The highest BCUT2D eigenvalue weighted by atomic mass is 35.5.